The van der Waals surface area contributed by atoms with Crippen molar-refractivity contribution in [2.75, 3.05) is 0 Å². The first-order valence-electron chi connectivity index (χ1n) is 7.41. The lowest BCUT2D eigenvalue weighted by molar-refractivity contribution is 0.493. The lowest BCUT2D eigenvalue weighted by atomic mass is 10.1. The van der Waals surface area contributed by atoms with Crippen LogP contribution in [0.1, 0.15) is 20.8 Å². The SMILES string of the molecule is CC(C)(C)[Si](C)(C)Oc1ccc2[nH]c(=O)c3sccc3c2c1. The molecule has 0 aliphatic carbocycles. The Morgan fingerprint density at radius 3 is 2.55 bits per heavy atom. The van der Waals surface area contributed by atoms with Gasteiger partial charge in [0.15, 0.2) is 0 Å². The number of fused-ring (bicyclic) bond motifs is 3. The molecule has 5 heteroatoms. The van der Waals surface area contributed by atoms with E-state index in [4.69, 9.17) is 4.43 Å². The van der Waals surface area contributed by atoms with Gasteiger partial charge in [-0.25, -0.2) is 0 Å². The van der Waals surface area contributed by atoms with Crippen LogP contribution < -0.4 is 9.99 Å². The van der Waals surface area contributed by atoms with Crippen LogP contribution in [0.4, 0.5) is 0 Å². The average molecular weight is 332 g/mol. The molecule has 0 aliphatic rings. The Bertz CT molecular complexity index is 902. The largest absolute Gasteiger partial charge is 0.543 e. The van der Waals surface area contributed by atoms with Gasteiger partial charge in [0, 0.05) is 16.3 Å². The number of H-pyrrole nitrogens is 1. The average Bonchev–Trinajstić information content (AvgIpc) is 2.88. The summed E-state index contributed by atoms with van der Waals surface area (Å²) in [5, 5.41) is 4.17. The second kappa shape index (κ2) is 4.96. The third kappa shape index (κ3) is 2.48. The summed E-state index contributed by atoms with van der Waals surface area (Å²) in [6.07, 6.45) is 0. The van der Waals surface area contributed by atoms with Gasteiger partial charge >= 0.3 is 0 Å². The Morgan fingerprint density at radius 1 is 1.14 bits per heavy atom. The molecule has 0 amide bonds. The van der Waals surface area contributed by atoms with Crippen LogP contribution in [-0.2, 0) is 0 Å². The molecule has 0 saturated carbocycles. The van der Waals surface area contributed by atoms with Gasteiger partial charge in [0.25, 0.3) is 5.56 Å². The molecule has 1 N–H and O–H groups in total. The smallest absolute Gasteiger partial charge is 0.266 e. The van der Waals surface area contributed by atoms with Crippen molar-refractivity contribution in [3.05, 3.63) is 40.0 Å². The summed E-state index contributed by atoms with van der Waals surface area (Å²) in [5.41, 5.74) is 0.842. The summed E-state index contributed by atoms with van der Waals surface area (Å²) >= 11 is 1.48. The van der Waals surface area contributed by atoms with Crippen molar-refractivity contribution in [3.8, 4) is 5.75 Å². The number of benzene rings is 1. The number of rotatable bonds is 2. The second-order valence-electron chi connectivity index (χ2n) is 7.19. The van der Waals surface area contributed by atoms with Crippen molar-refractivity contribution in [1.29, 1.82) is 0 Å². The fourth-order valence-corrected chi connectivity index (χ4v) is 4.07. The van der Waals surface area contributed by atoms with Crippen LogP contribution in [0.2, 0.25) is 18.1 Å². The van der Waals surface area contributed by atoms with E-state index in [0.29, 0.717) is 0 Å². The first-order chi connectivity index (χ1) is 10.2. The number of hydrogen-bond donors (Lipinski definition) is 1. The zero-order valence-electron chi connectivity index (χ0n) is 13.6. The van der Waals surface area contributed by atoms with Gasteiger partial charge in [-0.2, -0.15) is 0 Å². The maximum absolute atomic E-state index is 12.0. The second-order valence-corrected chi connectivity index (χ2v) is 12.8. The normalized spacial score (nSPS) is 13.0. The fourth-order valence-electron chi connectivity index (χ4n) is 2.24. The monoisotopic (exact) mass is 331 g/mol. The van der Waals surface area contributed by atoms with Crippen LogP contribution in [0, 0.1) is 0 Å². The topological polar surface area (TPSA) is 42.1 Å². The molecule has 116 valence electrons. The van der Waals surface area contributed by atoms with Crippen molar-refractivity contribution < 1.29 is 4.43 Å². The van der Waals surface area contributed by atoms with Crippen LogP contribution in [0.3, 0.4) is 0 Å². The minimum Gasteiger partial charge on any atom is -0.543 e. The van der Waals surface area contributed by atoms with Crippen molar-refractivity contribution in [1.82, 2.24) is 4.98 Å². The zero-order chi connectivity index (χ0) is 16.1. The molecule has 3 aromatic rings. The van der Waals surface area contributed by atoms with Gasteiger partial charge in [-0.05, 0) is 47.8 Å². The van der Waals surface area contributed by atoms with E-state index < -0.39 is 8.32 Å². The summed E-state index contributed by atoms with van der Waals surface area (Å²) in [5.74, 6) is 0.888. The maximum Gasteiger partial charge on any atom is 0.266 e. The Hall–Kier alpha value is -1.59. The van der Waals surface area contributed by atoms with Crippen LogP contribution in [0.5, 0.6) is 5.75 Å². The van der Waals surface area contributed by atoms with Crippen molar-refractivity contribution >= 4 is 40.6 Å². The highest BCUT2D eigenvalue weighted by Crippen LogP contribution is 2.38. The summed E-state index contributed by atoms with van der Waals surface area (Å²) in [7, 11) is -1.86. The molecule has 2 aromatic heterocycles. The number of aromatic nitrogens is 1. The molecule has 3 rings (SSSR count). The van der Waals surface area contributed by atoms with Gasteiger partial charge in [-0.15, -0.1) is 11.3 Å². The van der Waals surface area contributed by atoms with Crippen LogP contribution in [0.15, 0.2) is 34.4 Å². The van der Waals surface area contributed by atoms with E-state index >= 15 is 0 Å². The Morgan fingerprint density at radius 2 is 1.86 bits per heavy atom. The van der Waals surface area contributed by atoms with Crippen molar-refractivity contribution in [2.24, 2.45) is 0 Å². The van der Waals surface area contributed by atoms with Crippen molar-refractivity contribution in [3.63, 3.8) is 0 Å². The first kappa shape index (κ1) is 15.3. The molecular weight excluding hydrogens is 310 g/mol. The predicted molar refractivity (Wildman–Crippen MR) is 97.8 cm³/mol. The minimum atomic E-state index is -1.86. The van der Waals surface area contributed by atoms with E-state index in [1.54, 1.807) is 0 Å². The third-order valence-electron chi connectivity index (χ3n) is 4.58. The van der Waals surface area contributed by atoms with E-state index in [0.717, 1.165) is 26.7 Å². The zero-order valence-corrected chi connectivity index (χ0v) is 15.4. The molecule has 2 heterocycles. The quantitative estimate of drug-likeness (QED) is 0.662. The van der Waals surface area contributed by atoms with Gasteiger partial charge in [-0.3, -0.25) is 4.79 Å². The Labute approximate surface area is 135 Å². The van der Waals surface area contributed by atoms with Crippen LogP contribution in [0.25, 0.3) is 21.0 Å². The molecule has 0 unspecified atom stereocenters. The molecule has 0 saturated heterocycles. The highest BCUT2D eigenvalue weighted by molar-refractivity contribution is 7.17. The molecule has 0 aliphatic heterocycles. The molecular formula is C17H21NO2SSi. The molecule has 0 bridgehead atoms. The Kier molecular flexibility index (Phi) is 3.45. The van der Waals surface area contributed by atoms with E-state index in [-0.39, 0.29) is 10.6 Å². The highest BCUT2D eigenvalue weighted by atomic mass is 32.1. The van der Waals surface area contributed by atoms with E-state index in [2.05, 4.69) is 44.9 Å². The van der Waals surface area contributed by atoms with Gasteiger partial charge in [0.1, 0.15) is 10.4 Å². The molecule has 0 fully saturated rings. The number of nitrogens with one attached hydrogen (secondary N) is 1. The molecule has 1 aromatic carbocycles. The summed E-state index contributed by atoms with van der Waals surface area (Å²) in [6.45, 7) is 11.2. The van der Waals surface area contributed by atoms with Gasteiger partial charge in [0.2, 0.25) is 8.32 Å². The number of pyridine rings is 1. The van der Waals surface area contributed by atoms with Crippen LogP contribution in [-0.4, -0.2) is 13.3 Å². The van der Waals surface area contributed by atoms with Gasteiger partial charge in [-0.1, -0.05) is 20.8 Å². The molecule has 0 spiro atoms. The minimum absolute atomic E-state index is 0.0180. The number of hydrogen-bond acceptors (Lipinski definition) is 3. The van der Waals surface area contributed by atoms with Gasteiger partial charge in [0.05, 0.1) is 0 Å². The molecule has 0 radical (unpaired) electrons. The van der Waals surface area contributed by atoms with Crippen LogP contribution >= 0.6 is 11.3 Å². The first-order valence-corrected chi connectivity index (χ1v) is 11.2. The summed E-state index contributed by atoms with van der Waals surface area (Å²) in [6, 6.07) is 7.96. The summed E-state index contributed by atoms with van der Waals surface area (Å²) in [4.78, 5) is 15.0. The number of thiophene rings is 1. The van der Waals surface area contributed by atoms with E-state index in [1.165, 1.54) is 11.3 Å². The number of aromatic amines is 1. The molecule has 3 nitrogen and oxygen atoms in total. The standard InChI is InChI=1S/C17H21NO2SSi/c1-17(2,3)22(4,5)20-11-6-7-14-13(10-11)12-8-9-21-15(12)16(19)18-14/h6-10H,1-5H3,(H,18,19). The predicted octanol–water partition coefficient (Wildman–Crippen LogP) is 5.13. The third-order valence-corrected chi connectivity index (χ3v) is 9.85. The lowest BCUT2D eigenvalue weighted by Gasteiger charge is -2.36. The van der Waals surface area contributed by atoms with Gasteiger partial charge < -0.3 is 9.41 Å². The van der Waals surface area contributed by atoms with E-state index in [9.17, 15) is 4.79 Å². The highest BCUT2D eigenvalue weighted by Gasteiger charge is 2.38. The molecule has 22 heavy (non-hydrogen) atoms. The Balaban J connectivity index is 2.14. The lowest BCUT2D eigenvalue weighted by Crippen LogP contribution is -2.43. The molecule has 0 atom stereocenters. The maximum atomic E-state index is 12.0. The fraction of sp³-hybridized carbons (Fsp3) is 0.353. The van der Waals surface area contributed by atoms with E-state index in [1.807, 2.05) is 23.6 Å². The summed E-state index contributed by atoms with van der Waals surface area (Å²) < 4.78 is 7.16. The van der Waals surface area contributed by atoms with Crippen molar-refractivity contribution in [2.45, 2.75) is 38.9 Å².